The van der Waals surface area contributed by atoms with Gasteiger partial charge in [-0.1, -0.05) is 35.9 Å². The van der Waals surface area contributed by atoms with Crippen LogP contribution in [0.1, 0.15) is 5.56 Å². The Labute approximate surface area is 122 Å². The molecule has 0 amide bonds. The molecular formula is C16H14ClN3. The van der Waals surface area contributed by atoms with Crippen LogP contribution >= 0.6 is 11.6 Å². The minimum atomic E-state index is 0.725. The zero-order chi connectivity index (χ0) is 13.9. The zero-order valence-electron chi connectivity index (χ0n) is 10.8. The highest BCUT2D eigenvalue weighted by Crippen LogP contribution is 2.23. The topological polar surface area (TPSA) is 43.8 Å². The van der Waals surface area contributed by atoms with Crippen molar-refractivity contribution < 1.29 is 0 Å². The van der Waals surface area contributed by atoms with E-state index in [1.165, 1.54) is 5.56 Å². The van der Waals surface area contributed by atoms with Crippen molar-refractivity contribution in [2.45, 2.75) is 6.54 Å². The summed E-state index contributed by atoms with van der Waals surface area (Å²) in [4.78, 5) is 4.24. The van der Waals surface area contributed by atoms with Crippen LogP contribution in [0.4, 0.5) is 5.69 Å². The third kappa shape index (κ3) is 2.68. The van der Waals surface area contributed by atoms with Gasteiger partial charge in [-0.15, -0.1) is 0 Å². The van der Waals surface area contributed by atoms with Gasteiger partial charge in [0.2, 0.25) is 0 Å². The molecule has 0 spiro atoms. The van der Waals surface area contributed by atoms with Crippen LogP contribution in [-0.4, -0.2) is 9.55 Å². The molecule has 0 fully saturated rings. The van der Waals surface area contributed by atoms with Gasteiger partial charge in [-0.2, -0.15) is 0 Å². The van der Waals surface area contributed by atoms with Crippen molar-refractivity contribution >= 4 is 17.3 Å². The number of aromatic nitrogens is 2. The van der Waals surface area contributed by atoms with Crippen molar-refractivity contribution in [3.8, 4) is 11.3 Å². The number of nitrogens with zero attached hydrogens (tertiary/aromatic N) is 2. The maximum absolute atomic E-state index is 6.05. The van der Waals surface area contributed by atoms with Gasteiger partial charge in [-0.3, -0.25) is 0 Å². The number of nitrogen functional groups attached to an aromatic ring is 1. The first kappa shape index (κ1) is 12.8. The van der Waals surface area contributed by atoms with Crippen molar-refractivity contribution in [2.24, 2.45) is 0 Å². The van der Waals surface area contributed by atoms with Gasteiger partial charge < -0.3 is 10.3 Å². The number of benzene rings is 2. The Morgan fingerprint density at radius 1 is 1.10 bits per heavy atom. The van der Waals surface area contributed by atoms with Crippen molar-refractivity contribution in [3.05, 3.63) is 71.6 Å². The van der Waals surface area contributed by atoms with Crippen LogP contribution in [0.25, 0.3) is 11.3 Å². The number of hydrogen-bond donors (Lipinski definition) is 1. The number of halogens is 1. The van der Waals surface area contributed by atoms with Gasteiger partial charge in [0.15, 0.2) is 0 Å². The van der Waals surface area contributed by atoms with Crippen LogP contribution in [0.2, 0.25) is 5.02 Å². The highest BCUT2D eigenvalue weighted by atomic mass is 35.5. The number of imidazole rings is 1. The number of hydrogen-bond acceptors (Lipinski definition) is 2. The van der Waals surface area contributed by atoms with E-state index in [1.54, 1.807) is 0 Å². The molecule has 3 nitrogen and oxygen atoms in total. The molecule has 1 heterocycles. The molecule has 0 saturated heterocycles. The summed E-state index contributed by atoms with van der Waals surface area (Å²) in [7, 11) is 0. The van der Waals surface area contributed by atoms with E-state index in [-0.39, 0.29) is 0 Å². The molecule has 0 aliphatic carbocycles. The molecule has 100 valence electrons. The van der Waals surface area contributed by atoms with E-state index >= 15 is 0 Å². The highest BCUT2D eigenvalue weighted by Gasteiger charge is 2.06. The lowest BCUT2D eigenvalue weighted by atomic mass is 10.1. The molecule has 0 saturated carbocycles. The summed E-state index contributed by atoms with van der Waals surface area (Å²) >= 11 is 6.05. The quantitative estimate of drug-likeness (QED) is 0.742. The summed E-state index contributed by atoms with van der Waals surface area (Å²) in [5.41, 5.74) is 9.76. The SMILES string of the molecule is Nc1ccc(Cn2cncc2-c2cccc(Cl)c2)cc1. The summed E-state index contributed by atoms with van der Waals surface area (Å²) in [6.45, 7) is 0.752. The second-order valence-electron chi connectivity index (χ2n) is 4.66. The number of rotatable bonds is 3. The summed E-state index contributed by atoms with van der Waals surface area (Å²) in [6, 6.07) is 15.6. The molecule has 3 aromatic rings. The van der Waals surface area contributed by atoms with Crippen molar-refractivity contribution in [3.63, 3.8) is 0 Å². The Bertz CT molecular complexity index is 717. The minimum absolute atomic E-state index is 0.725. The van der Waals surface area contributed by atoms with Crippen molar-refractivity contribution in [1.29, 1.82) is 0 Å². The van der Waals surface area contributed by atoms with E-state index in [0.29, 0.717) is 0 Å². The van der Waals surface area contributed by atoms with Gasteiger partial charge >= 0.3 is 0 Å². The van der Waals surface area contributed by atoms with E-state index in [1.807, 2.05) is 61.1 Å². The second kappa shape index (κ2) is 5.39. The van der Waals surface area contributed by atoms with E-state index in [2.05, 4.69) is 9.55 Å². The van der Waals surface area contributed by atoms with E-state index < -0.39 is 0 Å². The molecule has 2 aromatic carbocycles. The fourth-order valence-electron chi connectivity index (χ4n) is 2.15. The predicted octanol–water partition coefficient (Wildman–Crippen LogP) is 3.83. The molecule has 0 bridgehead atoms. The van der Waals surface area contributed by atoms with E-state index in [9.17, 15) is 0 Å². The highest BCUT2D eigenvalue weighted by molar-refractivity contribution is 6.30. The molecule has 0 unspecified atom stereocenters. The van der Waals surface area contributed by atoms with Crippen LogP contribution in [0, 0.1) is 0 Å². The standard InChI is InChI=1S/C16H14ClN3/c17-14-3-1-2-13(8-14)16-9-19-11-20(16)10-12-4-6-15(18)7-5-12/h1-9,11H,10,18H2. The lowest BCUT2D eigenvalue weighted by molar-refractivity contribution is 0.805. The first-order valence-corrected chi connectivity index (χ1v) is 6.71. The van der Waals surface area contributed by atoms with E-state index in [0.717, 1.165) is 28.5 Å². The van der Waals surface area contributed by atoms with Gasteiger partial charge in [-0.25, -0.2) is 4.98 Å². The summed E-state index contributed by atoms with van der Waals surface area (Å²) < 4.78 is 2.09. The second-order valence-corrected chi connectivity index (χ2v) is 5.10. The molecule has 1 aromatic heterocycles. The molecule has 0 atom stereocenters. The Kier molecular flexibility index (Phi) is 3.44. The third-order valence-electron chi connectivity index (χ3n) is 3.17. The molecule has 0 aliphatic rings. The number of anilines is 1. The van der Waals surface area contributed by atoms with Crippen LogP contribution in [0.3, 0.4) is 0 Å². The number of nitrogens with two attached hydrogens (primary N) is 1. The smallest absolute Gasteiger partial charge is 0.0954 e. The first-order valence-electron chi connectivity index (χ1n) is 6.33. The third-order valence-corrected chi connectivity index (χ3v) is 3.40. The Morgan fingerprint density at radius 3 is 2.65 bits per heavy atom. The van der Waals surface area contributed by atoms with Gasteiger partial charge in [0, 0.05) is 22.8 Å². The minimum Gasteiger partial charge on any atom is -0.399 e. The van der Waals surface area contributed by atoms with Crippen molar-refractivity contribution in [2.75, 3.05) is 5.73 Å². The van der Waals surface area contributed by atoms with Crippen LogP contribution in [0.5, 0.6) is 0 Å². The molecule has 4 heteroatoms. The molecule has 20 heavy (non-hydrogen) atoms. The van der Waals surface area contributed by atoms with Crippen LogP contribution in [0.15, 0.2) is 61.1 Å². The Morgan fingerprint density at radius 2 is 1.90 bits per heavy atom. The van der Waals surface area contributed by atoms with Crippen LogP contribution < -0.4 is 5.73 Å². The van der Waals surface area contributed by atoms with Gasteiger partial charge in [0.1, 0.15) is 0 Å². The first-order chi connectivity index (χ1) is 9.72. The molecule has 3 rings (SSSR count). The average Bonchev–Trinajstić information content (AvgIpc) is 2.89. The lowest BCUT2D eigenvalue weighted by Gasteiger charge is -2.09. The van der Waals surface area contributed by atoms with Crippen molar-refractivity contribution in [1.82, 2.24) is 9.55 Å². The monoisotopic (exact) mass is 283 g/mol. The predicted molar refractivity (Wildman–Crippen MR) is 82.6 cm³/mol. The van der Waals surface area contributed by atoms with Gasteiger partial charge in [-0.05, 0) is 29.8 Å². The maximum atomic E-state index is 6.05. The lowest BCUT2D eigenvalue weighted by Crippen LogP contribution is -2.00. The summed E-state index contributed by atoms with van der Waals surface area (Å²) in [6.07, 6.45) is 3.68. The van der Waals surface area contributed by atoms with Gasteiger partial charge in [0.25, 0.3) is 0 Å². The van der Waals surface area contributed by atoms with Crippen LogP contribution in [-0.2, 0) is 6.54 Å². The van der Waals surface area contributed by atoms with E-state index in [4.69, 9.17) is 17.3 Å². The Balaban J connectivity index is 1.92. The molecular weight excluding hydrogens is 270 g/mol. The fourth-order valence-corrected chi connectivity index (χ4v) is 2.34. The molecule has 2 N–H and O–H groups in total. The normalized spacial score (nSPS) is 10.7. The summed E-state index contributed by atoms with van der Waals surface area (Å²) in [5.74, 6) is 0. The summed E-state index contributed by atoms with van der Waals surface area (Å²) in [5, 5.41) is 0.725. The maximum Gasteiger partial charge on any atom is 0.0954 e. The largest absolute Gasteiger partial charge is 0.399 e. The average molecular weight is 284 g/mol. The molecule has 0 aliphatic heterocycles. The van der Waals surface area contributed by atoms with Gasteiger partial charge in [0.05, 0.1) is 18.2 Å². The Hall–Kier alpha value is -2.26. The molecule has 0 radical (unpaired) electrons. The fraction of sp³-hybridized carbons (Fsp3) is 0.0625. The zero-order valence-corrected chi connectivity index (χ0v) is 11.6.